The number of rotatable bonds is 4. The van der Waals surface area contributed by atoms with Crippen LogP contribution in [0.5, 0.6) is 0 Å². The van der Waals surface area contributed by atoms with Crippen LogP contribution in [0.15, 0.2) is 35.3 Å². The van der Waals surface area contributed by atoms with Crippen molar-refractivity contribution in [1.29, 1.82) is 5.26 Å². The lowest BCUT2D eigenvalue weighted by atomic mass is 10.2. The van der Waals surface area contributed by atoms with Crippen LogP contribution < -0.4 is 0 Å². The SMILES string of the molecule is CCOC(=O)C(C#N)N=Cc1ccccc1. The summed E-state index contributed by atoms with van der Waals surface area (Å²) in [5.74, 6) is -0.614. The van der Waals surface area contributed by atoms with Crippen LogP contribution in [-0.4, -0.2) is 24.8 Å². The second-order valence-electron chi connectivity index (χ2n) is 2.97. The third-order valence-corrected chi connectivity index (χ3v) is 1.80. The third-order valence-electron chi connectivity index (χ3n) is 1.80. The van der Waals surface area contributed by atoms with Gasteiger partial charge in [-0.2, -0.15) is 5.26 Å². The fourth-order valence-electron chi connectivity index (χ4n) is 1.07. The molecule has 0 saturated heterocycles. The average Bonchev–Trinajstić information content (AvgIpc) is 2.31. The summed E-state index contributed by atoms with van der Waals surface area (Å²) < 4.78 is 4.71. The molecule has 0 N–H and O–H groups in total. The maximum atomic E-state index is 11.2. The normalized spacial score (nSPS) is 12.0. The highest BCUT2D eigenvalue weighted by atomic mass is 16.5. The third kappa shape index (κ3) is 3.54. The predicted molar refractivity (Wildman–Crippen MR) is 60.1 cm³/mol. The average molecular weight is 216 g/mol. The minimum absolute atomic E-state index is 0.248. The Labute approximate surface area is 94.2 Å². The highest BCUT2D eigenvalue weighted by Crippen LogP contribution is 1.98. The first kappa shape index (κ1) is 11.9. The molecular weight excluding hydrogens is 204 g/mol. The van der Waals surface area contributed by atoms with E-state index in [2.05, 4.69) is 4.99 Å². The Hall–Kier alpha value is -2.15. The van der Waals surface area contributed by atoms with Crippen molar-refractivity contribution >= 4 is 12.2 Å². The monoisotopic (exact) mass is 216 g/mol. The molecule has 1 aromatic carbocycles. The molecule has 1 atom stereocenters. The van der Waals surface area contributed by atoms with Gasteiger partial charge in [-0.1, -0.05) is 30.3 Å². The van der Waals surface area contributed by atoms with E-state index < -0.39 is 12.0 Å². The molecular formula is C12H12N2O2. The Balaban J connectivity index is 2.68. The van der Waals surface area contributed by atoms with Crippen LogP contribution in [0.2, 0.25) is 0 Å². The summed E-state index contributed by atoms with van der Waals surface area (Å²) in [6.07, 6.45) is 1.49. The van der Waals surface area contributed by atoms with Crippen molar-refractivity contribution in [2.24, 2.45) is 4.99 Å². The molecule has 0 saturated carbocycles. The van der Waals surface area contributed by atoms with Crippen LogP contribution in [-0.2, 0) is 9.53 Å². The molecule has 4 heteroatoms. The Morgan fingerprint density at radius 2 is 2.25 bits per heavy atom. The first-order valence-electron chi connectivity index (χ1n) is 4.92. The number of ether oxygens (including phenoxy) is 1. The van der Waals surface area contributed by atoms with E-state index in [1.165, 1.54) is 6.21 Å². The zero-order chi connectivity index (χ0) is 11.8. The van der Waals surface area contributed by atoms with E-state index in [1.54, 1.807) is 13.0 Å². The number of hydrogen-bond donors (Lipinski definition) is 0. The second kappa shape index (κ2) is 6.36. The highest BCUT2D eigenvalue weighted by Gasteiger charge is 2.16. The maximum Gasteiger partial charge on any atom is 0.345 e. The molecule has 0 bridgehead atoms. The van der Waals surface area contributed by atoms with Crippen LogP contribution in [0.1, 0.15) is 12.5 Å². The van der Waals surface area contributed by atoms with Crippen molar-refractivity contribution in [2.45, 2.75) is 13.0 Å². The maximum absolute atomic E-state index is 11.2. The van der Waals surface area contributed by atoms with Crippen molar-refractivity contribution in [1.82, 2.24) is 0 Å². The van der Waals surface area contributed by atoms with E-state index in [-0.39, 0.29) is 6.61 Å². The minimum atomic E-state index is -1.08. The molecule has 0 radical (unpaired) electrons. The molecule has 0 aliphatic rings. The number of esters is 1. The van der Waals surface area contributed by atoms with Crippen molar-refractivity contribution in [3.05, 3.63) is 35.9 Å². The molecule has 0 aliphatic heterocycles. The van der Waals surface area contributed by atoms with E-state index in [4.69, 9.17) is 10.00 Å². The molecule has 0 aromatic heterocycles. The summed E-state index contributed by atoms with van der Waals surface area (Å²) in [6, 6.07) is 9.96. The van der Waals surface area contributed by atoms with Crippen LogP contribution in [0.4, 0.5) is 0 Å². The van der Waals surface area contributed by atoms with Crippen LogP contribution >= 0.6 is 0 Å². The van der Waals surface area contributed by atoms with Gasteiger partial charge in [0.05, 0.1) is 6.61 Å². The number of aliphatic imine (C=N–C) groups is 1. The molecule has 4 nitrogen and oxygen atoms in total. The first-order chi connectivity index (χ1) is 7.77. The fourth-order valence-corrected chi connectivity index (χ4v) is 1.07. The summed E-state index contributed by atoms with van der Waals surface area (Å²) in [5.41, 5.74) is 0.840. The quantitative estimate of drug-likeness (QED) is 0.566. The standard InChI is InChI=1S/C12H12N2O2/c1-2-16-12(15)11(8-13)14-9-10-6-4-3-5-7-10/h3-7,9,11H,2H2,1H3. The summed E-state index contributed by atoms with van der Waals surface area (Å²) in [5, 5.41) is 8.74. The van der Waals surface area contributed by atoms with E-state index in [0.717, 1.165) is 5.56 Å². The summed E-state index contributed by atoms with van der Waals surface area (Å²) in [7, 11) is 0. The van der Waals surface area contributed by atoms with Crippen molar-refractivity contribution in [3.63, 3.8) is 0 Å². The van der Waals surface area contributed by atoms with E-state index in [1.807, 2.05) is 30.3 Å². The Bertz CT molecular complexity index is 407. The first-order valence-corrected chi connectivity index (χ1v) is 4.92. The van der Waals surface area contributed by atoms with E-state index in [0.29, 0.717) is 0 Å². The van der Waals surface area contributed by atoms with Gasteiger partial charge in [-0.15, -0.1) is 0 Å². The summed E-state index contributed by atoms with van der Waals surface area (Å²) >= 11 is 0. The van der Waals surface area contributed by atoms with Gasteiger partial charge >= 0.3 is 5.97 Å². The number of hydrogen-bond acceptors (Lipinski definition) is 4. The van der Waals surface area contributed by atoms with Gasteiger partial charge in [0.2, 0.25) is 6.04 Å². The number of nitriles is 1. The van der Waals surface area contributed by atoms with Gasteiger partial charge in [-0.3, -0.25) is 4.99 Å². The van der Waals surface area contributed by atoms with Gasteiger partial charge in [0.25, 0.3) is 0 Å². The largest absolute Gasteiger partial charge is 0.464 e. The van der Waals surface area contributed by atoms with Crippen LogP contribution in [0.25, 0.3) is 0 Å². The van der Waals surface area contributed by atoms with Crippen molar-refractivity contribution in [3.8, 4) is 6.07 Å². The number of carbonyl (C=O) groups is 1. The van der Waals surface area contributed by atoms with Crippen molar-refractivity contribution < 1.29 is 9.53 Å². The molecule has 82 valence electrons. The molecule has 0 spiro atoms. The second-order valence-corrected chi connectivity index (χ2v) is 2.97. The molecule has 16 heavy (non-hydrogen) atoms. The Morgan fingerprint density at radius 1 is 1.56 bits per heavy atom. The predicted octanol–water partition coefficient (Wildman–Crippen LogP) is 1.56. The number of benzene rings is 1. The zero-order valence-corrected chi connectivity index (χ0v) is 8.96. The van der Waals surface area contributed by atoms with Crippen LogP contribution in [0.3, 0.4) is 0 Å². The van der Waals surface area contributed by atoms with Crippen molar-refractivity contribution in [2.75, 3.05) is 6.61 Å². The van der Waals surface area contributed by atoms with E-state index in [9.17, 15) is 4.79 Å². The highest BCUT2D eigenvalue weighted by molar-refractivity contribution is 5.85. The molecule has 1 rings (SSSR count). The Kier molecular flexibility index (Phi) is 4.74. The molecule has 0 amide bonds. The van der Waals surface area contributed by atoms with Gasteiger partial charge < -0.3 is 4.74 Å². The lowest BCUT2D eigenvalue weighted by Crippen LogP contribution is -2.19. The van der Waals surface area contributed by atoms with Gasteiger partial charge in [-0.25, -0.2) is 4.79 Å². The van der Waals surface area contributed by atoms with Gasteiger partial charge in [0.1, 0.15) is 6.07 Å². The summed E-state index contributed by atoms with van der Waals surface area (Å²) in [4.78, 5) is 15.1. The van der Waals surface area contributed by atoms with Gasteiger partial charge in [-0.05, 0) is 12.5 Å². The molecule has 1 aromatic rings. The smallest absolute Gasteiger partial charge is 0.345 e. The van der Waals surface area contributed by atoms with Gasteiger partial charge in [0.15, 0.2) is 0 Å². The van der Waals surface area contributed by atoms with Crippen LogP contribution in [0, 0.1) is 11.3 Å². The number of nitrogens with zero attached hydrogens (tertiary/aromatic N) is 2. The van der Waals surface area contributed by atoms with E-state index >= 15 is 0 Å². The summed E-state index contributed by atoms with van der Waals surface area (Å²) in [6.45, 7) is 1.94. The Morgan fingerprint density at radius 3 is 2.81 bits per heavy atom. The lowest BCUT2D eigenvalue weighted by Gasteiger charge is -2.02. The fraction of sp³-hybridized carbons (Fsp3) is 0.250. The lowest BCUT2D eigenvalue weighted by molar-refractivity contribution is -0.143. The zero-order valence-electron chi connectivity index (χ0n) is 8.96. The molecule has 0 aliphatic carbocycles. The topological polar surface area (TPSA) is 62.5 Å². The minimum Gasteiger partial charge on any atom is -0.464 e. The molecule has 0 fully saturated rings. The number of carbonyl (C=O) groups excluding carboxylic acids is 1. The van der Waals surface area contributed by atoms with Gasteiger partial charge in [0, 0.05) is 6.21 Å². The molecule has 0 heterocycles. The molecule has 1 unspecified atom stereocenters.